The molecule has 1 aliphatic rings. The monoisotopic (exact) mass is 480 g/mol. The van der Waals surface area contributed by atoms with Gasteiger partial charge in [0.1, 0.15) is 17.3 Å². The van der Waals surface area contributed by atoms with Crippen LogP contribution >= 0.6 is 0 Å². The maximum atomic E-state index is 13.2. The summed E-state index contributed by atoms with van der Waals surface area (Å²) < 4.78 is 5.81. The zero-order valence-corrected chi connectivity index (χ0v) is 21.1. The first-order chi connectivity index (χ1) is 16.8. The number of aliphatic hydroxyl groups is 1. The molecule has 35 heavy (non-hydrogen) atoms. The van der Waals surface area contributed by atoms with E-state index in [2.05, 4.69) is 11.8 Å². The Morgan fingerprint density at radius 3 is 2.34 bits per heavy atom. The summed E-state index contributed by atoms with van der Waals surface area (Å²) in [4.78, 5) is 30.0. The quantitative estimate of drug-likeness (QED) is 0.211. The Balaban J connectivity index is 2.03. The van der Waals surface area contributed by atoms with E-state index in [1.807, 2.05) is 20.8 Å². The van der Waals surface area contributed by atoms with Gasteiger partial charge in [-0.25, -0.2) is 0 Å². The molecule has 0 saturated carbocycles. The van der Waals surface area contributed by atoms with Gasteiger partial charge in [0.2, 0.25) is 0 Å². The topological polar surface area (TPSA) is 90.3 Å². The van der Waals surface area contributed by atoms with E-state index in [-0.39, 0.29) is 17.1 Å². The lowest BCUT2D eigenvalue weighted by Gasteiger charge is -2.28. The van der Waals surface area contributed by atoms with Crippen molar-refractivity contribution in [2.45, 2.75) is 46.6 Å². The number of aliphatic hydroxyl groups excluding tert-OH is 1. The molecule has 2 aromatic rings. The van der Waals surface area contributed by atoms with Gasteiger partial charge in [0.25, 0.3) is 11.7 Å². The number of nitrogens with zero attached hydrogens (tertiary/aromatic N) is 2. The Bertz CT molecular complexity index is 1070. The van der Waals surface area contributed by atoms with E-state index < -0.39 is 17.7 Å². The van der Waals surface area contributed by atoms with Crippen LogP contribution in [0, 0.1) is 6.92 Å². The number of ether oxygens (including phenoxy) is 1. The number of aryl methyl sites for hydroxylation is 1. The number of Topliss-reactive ketones (excluding diaryl/α,β-unsaturated/α-hetero) is 1. The van der Waals surface area contributed by atoms with Crippen LogP contribution in [0.25, 0.3) is 5.76 Å². The molecule has 0 radical (unpaired) electrons. The van der Waals surface area contributed by atoms with Crippen LogP contribution in [0.5, 0.6) is 11.5 Å². The van der Waals surface area contributed by atoms with Crippen LogP contribution in [0.1, 0.15) is 56.3 Å². The van der Waals surface area contributed by atoms with E-state index in [9.17, 15) is 19.8 Å². The number of hydrogen-bond donors (Lipinski definition) is 2. The fraction of sp³-hybridized carbons (Fsp3) is 0.429. The normalized spacial score (nSPS) is 17.4. The Labute approximate surface area is 207 Å². The highest BCUT2D eigenvalue weighted by Crippen LogP contribution is 2.40. The van der Waals surface area contributed by atoms with Gasteiger partial charge in [-0.05, 0) is 67.9 Å². The smallest absolute Gasteiger partial charge is 0.295 e. The van der Waals surface area contributed by atoms with Gasteiger partial charge in [-0.2, -0.15) is 0 Å². The lowest BCUT2D eigenvalue weighted by atomic mass is 9.94. The average molecular weight is 481 g/mol. The molecule has 188 valence electrons. The Hall–Kier alpha value is -3.32. The number of aromatic hydroxyl groups is 1. The van der Waals surface area contributed by atoms with E-state index in [1.54, 1.807) is 30.3 Å². The zero-order valence-electron chi connectivity index (χ0n) is 21.1. The molecule has 2 N–H and O–H groups in total. The van der Waals surface area contributed by atoms with Crippen LogP contribution in [0.2, 0.25) is 0 Å². The lowest BCUT2D eigenvalue weighted by molar-refractivity contribution is -0.140. The van der Waals surface area contributed by atoms with Crippen molar-refractivity contribution in [3.8, 4) is 11.5 Å². The van der Waals surface area contributed by atoms with Crippen LogP contribution in [0.15, 0.2) is 48.0 Å². The molecule has 2 aromatic carbocycles. The largest absolute Gasteiger partial charge is 0.508 e. The molecule has 0 unspecified atom stereocenters. The second kappa shape index (κ2) is 11.9. The van der Waals surface area contributed by atoms with Crippen molar-refractivity contribution in [3.63, 3.8) is 0 Å². The van der Waals surface area contributed by atoms with E-state index in [1.165, 1.54) is 17.0 Å². The number of hydrogen-bond acceptors (Lipinski definition) is 6. The number of unbranched alkanes of at least 4 members (excludes halogenated alkanes) is 1. The second-order valence-corrected chi connectivity index (χ2v) is 8.79. The van der Waals surface area contributed by atoms with Crippen LogP contribution < -0.4 is 4.74 Å². The van der Waals surface area contributed by atoms with Gasteiger partial charge < -0.3 is 24.7 Å². The van der Waals surface area contributed by atoms with Crippen molar-refractivity contribution < 1.29 is 24.5 Å². The minimum Gasteiger partial charge on any atom is -0.508 e. The number of ketones is 1. The first-order valence-corrected chi connectivity index (χ1v) is 12.4. The number of carbonyl (C=O) groups excluding carboxylic acids is 2. The molecule has 1 aliphatic heterocycles. The third-order valence-electron chi connectivity index (χ3n) is 6.50. The molecule has 0 bridgehead atoms. The Morgan fingerprint density at radius 1 is 1.06 bits per heavy atom. The highest BCUT2D eigenvalue weighted by molar-refractivity contribution is 6.46. The summed E-state index contributed by atoms with van der Waals surface area (Å²) in [5, 5.41) is 21.1. The van der Waals surface area contributed by atoms with E-state index >= 15 is 0 Å². The molecule has 0 aliphatic carbocycles. The van der Waals surface area contributed by atoms with Crippen molar-refractivity contribution in [2.24, 2.45) is 0 Å². The molecule has 1 atom stereocenters. The number of carbonyl (C=O) groups is 2. The third-order valence-corrected chi connectivity index (χ3v) is 6.50. The van der Waals surface area contributed by atoms with Crippen LogP contribution in [-0.2, 0) is 9.59 Å². The fourth-order valence-corrected chi connectivity index (χ4v) is 4.34. The van der Waals surface area contributed by atoms with Gasteiger partial charge in [-0.1, -0.05) is 39.3 Å². The summed E-state index contributed by atoms with van der Waals surface area (Å²) in [5.41, 5.74) is 2.00. The van der Waals surface area contributed by atoms with Crippen LogP contribution in [-0.4, -0.2) is 64.5 Å². The highest BCUT2D eigenvalue weighted by Gasteiger charge is 2.46. The molecule has 1 amide bonds. The summed E-state index contributed by atoms with van der Waals surface area (Å²) in [6, 6.07) is 10.9. The SMILES string of the molecule is CCCCOc1ccc(C(O)=C2C(=O)C(=O)N(CCN(CC)CC)[C@H]2c2ccc(O)cc2)cc1C. The Kier molecular flexibility index (Phi) is 8.93. The lowest BCUT2D eigenvalue weighted by Crippen LogP contribution is -2.38. The van der Waals surface area contributed by atoms with Crippen LogP contribution in [0.3, 0.4) is 0 Å². The number of amides is 1. The number of rotatable bonds is 11. The van der Waals surface area contributed by atoms with Gasteiger partial charge in [0.05, 0.1) is 18.2 Å². The Morgan fingerprint density at radius 2 is 1.74 bits per heavy atom. The fourth-order valence-electron chi connectivity index (χ4n) is 4.34. The van der Waals surface area contributed by atoms with Gasteiger partial charge >= 0.3 is 0 Å². The van der Waals surface area contributed by atoms with Crippen molar-refractivity contribution in [2.75, 3.05) is 32.8 Å². The van der Waals surface area contributed by atoms with Gasteiger partial charge in [-0.3, -0.25) is 9.59 Å². The van der Waals surface area contributed by atoms with Crippen molar-refractivity contribution >= 4 is 17.4 Å². The first-order valence-electron chi connectivity index (χ1n) is 12.4. The number of phenols is 1. The molecule has 7 nitrogen and oxygen atoms in total. The predicted molar refractivity (Wildman–Crippen MR) is 136 cm³/mol. The van der Waals surface area contributed by atoms with Crippen molar-refractivity contribution in [1.29, 1.82) is 0 Å². The van der Waals surface area contributed by atoms with Gasteiger partial charge in [-0.15, -0.1) is 0 Å². The average Bonchev–Trinajstić information content (AvgIpc) is 3.10. The molecular formula is C28H36N2O5. The summed E-state index contributed by atoms with van der Waals surface area (Å²) in [5.74, 6) is -0.739. The predicted octanol–water partition coefficient (Wildman–Crippen LogP) is 4.64. The molecule has 1 fully saturated rings. The molecule has 3 rings (SSSR count). The van der Waals surface area contributed by atoms with E-state index in [0.717, 1.165) is 37.2 Å². The minimum atomic E-state index is -0.744. The molecule has 1 saturated heterocycles. The molecular weight excluding hydrogens is 444 g/mol. The van der Waals surface area contributed by atoms with Crippen LogP contribution in [0.4, 0.5) is 0 Å². The number of likely N-dealkylation sites (N-methyl/N-ethyl adjacent to an activating group) is 1. The third kappa shape index (κ3) is 5.85. The number of likely N-dealkylation sites (tertiary alicyclic amines) is 1. The summed E-state index contributed by atoms with van der Waals surface area (Å²) in [6.07, 6.45) is 1.98. The molecule has 7 heteroatoms. The first kappa shape index (κ1) is 26.3. The molecule has 0 aromatic heterocycles. The van der Waals surface area contributed by atoms with Gasteiger partial charge in [0, 0.05) is 18.7 Å². The summed E-state index contributed by atoms with van der Waals surface area (Å²) >= 11 is 0. The zero-order chi connectivity index (χ0) is 25.5. The van der Waals surface area contributed by atoms with Crippen molar-refractivity contribution in [1.82, 2.24) is 9.80 Å². The second-order valence-electron chi connectivity index (χ2n) is 8.79. The van der Waals surface area contributed by atoms with E-state index in [4.69, 9.17) is 4.74 Å². The van der Waals surface area contributed by atoms with Gasteiger partial charge in [0.15, 0.2) is 0 Å². The minimum absolute atomic E-state index is 0.0549. The molecule has 0 spiro atoms. The van der Waals surface area contributed by atoms with Crippen molar-refractivity contribution in [3.05, 3.63) is 64.7 Å². The number of phenolic OH excluding ortho intramolecular Hbond substituents is 1. The molecule has 1 heterocycles. The summed E-state index contributed by atoms with van der Waals surface area (Å²) in [6.45, 7) is 11.3. The maximum absolute atomic E-state index is 13.2. The summed E-state index contributed by atoms with van der Waals surface area (Å²) in [7, 11) is 0. The van der Waals surface area contributed by atoms with E-state index in [0.29, 0.717) is 30.8 Å². The maximum Gasteiger partial charge on any atom is 0.295 e. The standard InChI is InChI=1S/C28H36N2O5/c1-5-8-17-35-23-14-11-21(18-19(23)4)26(32)24-25(20-9-12-22(31)13-10-20)30(28(34)27(24)33)16-15-29(6-2)7-3/h9-14,18,25,31-32H,5-8,15-17H2,1-4H3/t25-/m0/s1. The highest BCUT2D eigenvalue weighted by atomic mass is 16.5. The number of benzene rings is 2.